The van der Waals surface area contributed by atoms with Gasteiger partial charge in [0.25, 0.3) is 0 Å². The maximum Gasteiger partial charge on any atom is 0.220 e. The fraction of sp³-hybridized carbons (Fsp3) is 0.762. The second kappa shape index (κ2) is 47.9. The van der Waals surface area contributed by atoms with E-state index in [1.807, 2.05) is 6.08 Å². The summed E-state index contributed by atoms with van der Waals surface area (Å²) in [7, 11) is 0. The van der Waals surface area contributed by atoms with Crippen LogP contribution in [-0.2, 0) is 23.7 Å². The van der Waals surface area contributed by atoms with Gasteiger partial charge in [-0.15, -0.1) is 0 Å². The van der Waals surface area contributed by atoms with E-state index in [4.69, 9.17) is 18.9 Å². The van der Waals surface area contributed by atoms with Gasteiger partial charge in [0.1, 0.15) is 48.8 Å². The Bertz CT molecular complexity index is 1610. The summed E-state index contributed by atoms with van der Waals surface area (Å²) in [6.07, 6.45) is 49.0. The van der Waals surface area contributed by atoms with E-state index in [-0.39, 0.29) is 18.9 Å². The molecule has 2 rings (SSSR count). The van der Waals surface area contributed by atoms with Gasteiger partial charge in [-0.3, -0.25) is 4.79 Å². The minimum absolute atomic E-state index is 0.249. The Kier molecular flexibility index (Phi) is 43.7. The highest BCUT2D eigenvalue weighted by Gasteiger charge is 2.51. The van der Waals surface area contributed by atoms with E-state index < -0.39 is 86.8 Å². The molecule has 77 heavy (non-hydrogen) atoms. The molecule has 0 aliphatic carbocycles. The number of allylic oxidation sites excluding steroid dienone is 13. The summed E-state index contributed by atoms with van der Waals surface area (Å²) >= 11 is 0. The number of unbranched alkanes of at least 4 members (excludes halogenated alkanes) is 22. The molecule has 0 aromatic rings. The molecule has 0 saturated carbocycles. The van der Waals surface area contributed by atoms with E-state index in [2.05, 4.69) is 92.1 Å². The molecule has 12 atom stereocenters. The fourth-order valence-corrected chi connectivity index (χ4v) is 9.46. The van der Waals surface area contributed by atoms with Crippen LogP contribution in [0.15, 0.2) is 85.1 Å². The number of hydrogen-bond donors (Lipinski definition) is 9. The topological polar surface area (TPSA) is 228 Å². The molecule has 14 heteroatoms. The minimum atomic E-state index is -1.79. The summed E-state index contributed by atoms with van der Waals surface area (Å²) in [5, 5.41) is 86.2. The Labute approximate surface area is 465 Å². The molecule has 9 N–H and O–H groups in total. The zero-order valence-electron chi connectivity index (χ0n) is 47.7. The molecule has 2 aliphatic heterocycles. The van der Waals surface area contributed by atoms with Gasteiger partial charge in [0, 0.05) is 6.42 Å². The largest absolute Gasteiger partial charge is 0.394 e. The lowest BCUT2D eigenvalue weighted by Gasteiger charge is -2.46. The molecule has 2 fully saturated rings. The summed E-state index contributed by atoms with van der Waals surface area (Å²) < 4.78 is 22.6. The Balaban J connectivity index is 1.47. The van der Waals surface area contributed by atoms with Gasteiger partial charge >= 0.3 is 0 Å². The van der Waals surface area contributed by atoms with Gasteiger partial charge in [-0.05, 0) is 64.2 Å². The Morgan fingerprint density at radius 3 is 1.36 bits per heavy atom. The van der Waals surface area contributed by atoms with Crippen LogP contribution in [0.1, 0.15) is 213 Å². The van der Waals surface area contributed by atoms with E-state index in [1.165, 1.54) is 109 Å². The zero-order valence-corrected chi connectivity index (χ0v) is 47.7. The van der Waals surface area contributed by atoms with Gasteiger partial charge in [-0.1, -0.05) is 227 Å². The van der Waals surface area contributed by atoms with Crippen molar-refractivity contribution >= 4 is 5.91 Å². The summed E-state index contributed by atoms with van der Waals surface area (Å²) in [5.41, 5.74) is 0. The zero-order chi connectivity index (χ0) is 56.0. The number of amides is 1. The van der Waals surface area contributed by atoms with Crippen molar-refractivity contribution in [3.8, 4) is 0 Å². The van der Waals surface area contributed by atoms with Crippen LogP contribution in [0.3, 0.4) is 0 Å². The number of rotatable bonds is 47. The van der Waals surface area contributed by atoms with Crippen LogP contribution in [0.2, 0.25) is 0 Å². The fourth-order valence-electron chi connectivity index (χ4n) is 9.46. The molecule has 2 aliphatic rings. The van der Waals surface area contributed by atoms with Crippen LogP contribution in [0.4, 0.5) is 0 Å². The van der Waals surface area contributed by atoms with E-state index in [0.29, 0.717) is 6.42 Å². The number of carbonyl (C=O) groups excluding carboxylic acids is 1. The highest BCUT2D eigenvalue weighted by atomic mass is 16.7. The van der Waals surface area contributed by atoms with Gasteiger partial charge in [-0.25, -0.2) is 0 Å². The highest BCUT2D eigenvalue weighted by Crippen LogP contribution is 2.30. The number of nitrogens with one attached hydrogen (secondary N) is 1. The molecule has 14 nitrogen and oxygen atoms in total. The Morgan fingerprint density at radius 1 is 0.481 bits per heavy atom. The molecule has 0 aromatic carbocycles. The molecule has 0 spiro atoms. The van der Waals surface area contributed by atoms with Gasteiger partial charge in [0.15, 0.2) is 12.6 Å². The average Bonchev–Trinajstić information content (AvgIpc) is 3.43. The molecule has 2 saturated heterocycles. The molecule has 0 radical (unpaired) electrons. The van der Waals surface area contributed by atoms with E-state index in [0.717, 1.165) is 77.0 Å². The lowest BCUT2D eigenvalue weighted by atomic mass is 9.97. The first-order valence-corrected chi connectivity index (χ1v) is 30.3. The van der Waals surface area contributed by atoms with Crippen molar-refractivity contribution in [1.29, 1.82) is 0 Å². The van der Waals surface area contributed by atoms with Crippen LogP contribution in [-0.4, -0.2) is 140 Å². The summed E-state index contributed by atoms with van der Waals surface area (Å²) in [4.78, 5) is 13.1. The molecular formula is C63H109NO13. The van der Waals surface area contributed by atoms with Crippen LogP contribution in [0, 0.1) is 0 Å². The number of ether oxygens (including phenoxy) is 4. The first-order chi connectivity index (χ1) is 37.6. The van der Waals surface area contributed by atoms with Gasteiger partial charge < -0.3 is 65.1 Å². The highest BCUT2D eigenvalue weighted by molar-refractivity contribution is 5.76. The number of carbonyl (C=O) groups is 1. The quantitative estimate of drug-likeness (QED) is 0.0204. The van der Waals surface area contributed by atoms with Crippen molar-refractivity contribution in [2.24, 2.45) is 0 Å². The number of aliphatic hydroxyl groups excluding tert-OH is 8. The maximum absolute atomic E-state index is 13.1. The third-order valence-electron chi connectivity index (χ3n) is 14.3. The second-order valence-corrected chi connectivity index (χ2v) is 21.1. The average molecular weight is 1090 g/mol. The smallest absolute Gasteiger partial charge is 0.220 e. The van der Waals surface area contributed by atoms with E-state index in [1.54, 1.807) is 6.08 Å². The molecule has 1 amide bonds. The van der Waals surface area contributed by atoms with Crippen molar-refractivity contribution < 1.29 is 64.6 Å². The Hall–Kier alpha value is -2.83. The lowest BCUT2D eigenvalue weighted by Crippen LogP contribution is -2.65. The van der Waals surface area contributed by atoms with Crippen LogP contribution < -0.4 is 5.32 Å². The summed E-state index contributed by atoms with van der Waals surface area (Å²) in [6, 6.07) is -0.911. The SMILES string of the molecule is CC/C=C\C/C=C\C/C=C\C/C=C\C/C=C\C/C=C\CCCCCCCCCCCCCCCCCCCCCCC(=O)NC(COC1OC(CO)C(OC2OC(CO)C(O)C(O)C2O)C(O)C1O)C(O)/C=C/CCCC. The molecular weight excluding hydrogens is 979 g/mol. The van der Waals surface area contributed by atoms with Crippen LogP contribution >= 0.6 is 0 Å². The van der Waals surface area contributed by atoms with Crippen molar-refractivity contribution in [2.45, 2.75) is 286 Å². The first-order valence-electron chi connectivity index (χ1n) is 30.3. The van der Waals surface area contributed by atoms with Crippen LogP contribution in [0.5, 0.6) is 0 Å². The molecule has 2 heterocycles. The van der Waals surface area contributed by atoms with E-state index in [9.17, 15) is 45.6 Å². The lowest BCUT2D eigenvalue weighted by molar-refractivity contribution is -0.359. The monoisotopic (exact) mass is 1090 g/mol. The number of hydrogen-bond acceptors (Lipinski definition) is 13. The molecule has 12 unspecified atom stereocenters. The van der Waals surface area contributed by atoms with Gasteiger partial charge in [0.2, 0.25) is 5.91 Å². The molecule has 0 aromatic heterocycles. The van der Waals surface area contributed by atoms with Crippen molar-refractivity contribution in [1.82, 2.24) is 5.32 Å². The van der Waals surface area contributed by atoms with E-state index >= 15 is 0 Å². The van der Waals surface area contributed by atoms with Crippen molar-refractivity contribution in [2.75, 3.05) is 19.8 Å². The van der Waals surface area contributed by atoms with Crippen molar-refractivity contribution in [3.05, 3.63) is 85.1 Å². The second-order valence-electron chi connectivity index (χ2n) is 21.1. The normalized spacial score (nSPS) is 25.3. The summed E-state index contributed by atoms with van der Waals surface area (Å²) in [5.74, 6) is -0.249. The third-order valence-corrected chi connectivity index (χ3v) is 14.3. The number of aliphatic hydroxyl groups is 8. The Morgan fingerprint density at radius 2 is 0.896 bits per heavy atom. The molecule has 0 bridgehead atoms. The van der Waals surface area contributed by atoms with Crippen molar-refractivity contribution in [3.63, 3.8) is 0 Å². The van der Waals surface area contributed by atoms with Gasteiger partial charge in [0.05, 0.1) is 32.0 Å². The predicted molar refractivity (Wildman–Crippen MR) is 309 cm³/mol. The standard InChI is InChI=1S/C63H109NO13/c1-3-5-7-9-10-11-12-13-14-15-16-17-18-19-20-21-22-23-24-25-26-27-28-29-30-31-32-33-34-35-36-37-38-39-40-41-42-43-45-47-55(68)64-51(52(67)46-44-8-6-4-2)50-74-62-60(73)58(71)61(54(49-66)76-62)77-63-59(72)57(70)56(69)53(48-65)75-63/h5,7,10-11,13-14,16-17,19-20,22-23,44,46,51-54,56-63,65-67,69-73H,3-4,6,8-9,12,15,18,21,24-43,45,47-50H2,1-2H3,(H,64,68)/b7-5-,11-10-,14-13-,17-16-,20-19-,23-22-,46-44+. The maximum atomic E-state index is 13.1. The predicted octanol–water partition coefficient (Wildman–Crippen LogP) is 10.5. The third kappa shape index (κ3) is 33.5. The minimum Gasteiger partial charge on any atom is -0.394 e. The van der Waals surface area contributed by atoms with Gasteiger partial charge in [-0.2, -0.15) is 0 Å². The summed E-state index contributed by atoms with van der Waals surface area (Å²) in [6.45, 7) is 2.50. The molecule has 444 valence electrons. The first kappa shape index (κ1) is 70.3. The van der Waals surface area contributed by atoms with Crippen LogP contribution in [0.25, 0.3) is 0 Å².